The molecule has 1 atom stereocenters. The molecule has 0 saturated heterocycles. The normalized spacial score (nSPS) is 12.4. The van der Waals surface area contributed by atoms with E-state index in [1.165, 1.54) is 10.6 Å². The molecule has 0 fully saturated rings. The summed E-state index contributed by atoms with van der Waals surface area (Å²) in [6.07, 6.45) is 2.73. The average molecular weight is 403 g/mol. The Balaban J connectivity index is 1.99. The third-order valence-corrected chi connectivity index (χ3v) is 5.80. The third kappa shape index (κ3) is 6.37. The van der Waals surface area contributed by atoms with E-state index in [0.717, 1.165) is 23.1 Å². The van der Waals surface area contributed by atoms with Crippen molar-refractivity contribution in [1.82, 2.24) is 5.32 Å². The Kier molecular flexibility index (Phi) is 7.63. The Morgan fingerprint density at radius 1 is 1.07 bits per heavy atom. The van der Waals surface area contributed by atoms with Gasteiger partial charge in [-0.1, -0.05) is 43.3 Å². The van der Waals surface area contributed by atoms with E-state index < -0.39 is 10.0 Å². The number of carbonyl (C=O) groups is 1. The molecule has 2 aromatic carbocycles. The summed E-state index contributed by atoms with van der Waals surface area (Å²) in [4.78, 5) is 12.4. The number of benzene rings is 2. The molecule has 0 aliphatic heterocycles. The van der Waals surface area contributed by atoms with Gasteiger partial charge in [-0.2, -0.15) is 0 Å². The summed E-state index contributed by atoms with van der Waals surface area (Å²) in [6, 6.07) is 15.6. The maximum absolute atomic E-state index is 12.4. The van der Waals surface area contributed by atoms with Gasteiger partial charge in [-0.05, 0) is 55.5 Å². The maximum atomic E-state index is 12.4. The van der Waals surface area contributed by atoms with E-state index in [1.807, 2.05) is 69.3 Å². The van der Waals surface area contributed by atoms with Gasteiger partial charge in [0.1, 0.15) is 0 Å². The summed E-state index contributed by atoms with van der Waals surface area (Å²) >= 11 is 0. The highest BCUT2D eigenvalue weighted by molar-refractivity contribution is 7.92. The van der Waals surface area contributed by atoms with E-state index in [-0.39, 0.29) is 24.9 Å². The van der Waals surface area contributed by atoms with Gasteiger partial charge in [0.05, 0.1) is 18.0 Å². The molecule has 2 rings (SSSR count). The summed E-state index contributed by atoms with van der Waals surface area (Å²) in [5, 5.41) is 3.05. The lowest BCUT2D eigenvalue weighted by Gasteiger charge is -2.23. The highest BCUT2D eigenvalue weighted by atomic mass is 32.2. The fourth-order valence-corrected chi connectivity index (χ4v) is 4.29. The first kappa shape index (κ1) is 22.0. The van der Waals surface area contributed by atoms with Crippen LogP contribution in [0.5, 0.6) is 0 Å². The first-order valence-corrected chi connectivity index (χ1v) is 11.5. The molecule has 1 unspecified atom stereocenters. The van der Waals surface area contributed by atoms with Crippen LogP contribution in [0.2, 0.25) is 0 Å². The van der Waals surface area contributed by atoms with Gasteiger partial charge in [0.25, 0.3) is 0 Å². The van der Waals surface area contributed by atoms with Gasteiger partial charge in [0, 0.05) is 13.0 Å². The molecule has 1 amide bonds. The molecule has 0 spiro atoms. The zero-order valence-corrected chi connectivity index (χ0v) is 17.9. The van der Waals surface area contributed by atoms with E-state index >= 15 is 0 Å². The van der Waals surface area contributed by atoms with Crippen LogP contribution >= 0.6 is 0 Å². The highest BCUT2D eigenvalue weighted by Gasteiger charge is 2.19. The van der Waals surface area contributed by atoms with Gasteiger partial charge in [-0.3, -0.25) is 9.10 Å². The first-order valence-electron chi connectivity index (χ1n) is 9.61. The zero-order chi connectivity index (χ0) is 20.7. The Morgan fingerprint density at radius 2 is 1.68 bits per heavy atom. The zero-order valence-electron chi connectivity index (χ0n) is 17.1. The van der Waals surface area contributed by atoms with E-state index in [2.05, 4.69) is 5.32 Å². The number of amides is 1. The van der Waals surface area contributed by atoms with E-state index in [9.17, 15) is 13.2 Å². The smallest absolute Gasteiger partial charge is 0.232 e. The minimum absolute atomic E-state index is 0.0286. The molecular weight excluding hydrogens is 372 g/mol. The molecule has 5 nitrogen and oxygen atoms in total. The Labute approximate surface area is 168 Å². The molecule has 0 saturated carbocycles. The van der Waals surface area contributed by atoms with Gasteiger partial charge < -0.3 is 5.32 Å². The Hall–Kier alpha value is -2.34. The Morgan fingerprint density at radius 3 is 2.21 bits per heavy atom. The summed E-state index contributed by atoms with van der Waals surface area (Å²) in [5.41, 5.74) is 3.74. The summed E-state index contributed by atoms with van der Waals surface area (Å²) in [6.45, 7) is 6.19. The lowest BCUT2D eigenvalue weighted by atomic mass is 10.0. The average Bonchev–Trinajstić information content (AvgIpc) is 2.62. The minimum Gasteiger partial charge on any atom is -0.349 e. The number of sulfonamides is 1. The van der Waals surface area contributed by atoms with Crippen LogP contribution in [0, 0.1) is 13.8 Å². The number of rotatable bonds is 9. The van der Waals surface area contributed by atoms with Crippen molar-refractivity contribution in [1.29, 1.82) is 0 Å². The van der Waals surface area contributed by atoms with Gasteiger partial charge >= 0.3 is 0 Å². The second-order valence-electron chi connectivity index (χ2n) is 7.22. The molecule has 152 valence electrons. The number of hydrogen-bond acceptors (Lipinski definition) is 3. The second-order valence-corrected chi connectivity index (χ2v) is 9.13. The highest BCUT2D eigenvalue weighted by Crippen LogP contribution is 2.22. The number of hydrogen-bond donors (Lipinski definition) is 1. The van der Waals surface area contributed by atoms with E-state index in [1.54, 1.807) is 0 Å². The molecule has 2 aromatic rings. The standard InChI is InChI=1S/C22H30N2O3S/c1-5-21(19-10-7-6-8-11-19)23-22(25)12-9-13-24(28(4,26)27)20-15-17(2)14-18(3)16-20/h6-8,10-11,14-16,21H,5,9,12-13H2,1-4H3,(H,23,25). The molecule has 6 heteroatoms. The molecule has 0 radical (unpaired) electrons. The van der Waals surface area contributed by atoms with Crippen LogP contribution in [-0.2, 0) is 14.8 Å². The largest absolute Gasteiger partial charge is 0.349 e. The van der Waals surface area contributed by atoms with Gasteiger partial charge in [-0.25, -0.2) is 8.42 Å². The van der Waals surface area contributed by atoms with Crippen LogP contribution in [0.4, 0.5) is 5.69 Å². The number of anilines is 1. The van der Waals surface area contributed by atoms with Crippen LogP contribution in [0.1, 0.15) is 48.9 Å². The maximum Gasteiger partial charge on any atom is 0.232 e. The van der Waals surface area contributed by atoms with Crippen LogP contribution in [0.25, 0.3) is 0 Å². The van der Waals surface area contributed by atoms with Crippen molar-refractivity contribution in [3.63, 3.8) is 0 Å². The van der Waals surface area contributed by atoms with Crippen molar-refractivity contribution in [3.8, 4) is 0 Å². The summed E-state index contributed by atoms with van der Waals surface area (Å²) < 4.78 is 25.9. The summed E-state index contributed by atoms with van der Waals surface area (Å²) in [7, 11) is -3.42. The molecule has 1 N–H and O–H groups in total. The van der Waals surface area contributed by atoms with Crippen molar-refractivity contribution in [3.05, 3.63) is 65.2 Å². The summed E-state index contributed by atoms with van der Waals surface area (Å²) in [5.74, 6) is -0.0652. The fourth-order valence-electron chi connectivity index (χ4n) is 3.34. The molecule has 0 bridgehead atoms. The third-order valence-electron chi connectivity index (χ3n) is 4.61. The van der Waals surface area contributed by atoms with Crippen LogP contribution in [0.15, 0.2) is 48.5 Å². The SMILES string of the molecule is CCC(NC(=O)CCCN(c1cc(C)cc(C)c1)S(C)(=O)=O)c1ccccc1. The quantitative estimate of drug-likeness (QED) is 0.686. The number of carbonyl (C=O) groups excluding carboxylic acids is 1. The first-order chi connectivity index (χ1) is 13.2. The topological polar surface area (TPSA) is 66.5 Å². The van der Waals surface area contributed by atoms with E-state index in [0.29, 0.717) is 12.1 Å². The van der Waals surface area contributed by atoms with Gasteiger partial charge in [0.15, 0.2) is 0 Å². The molecule has 28 heavy (non-hydrogen) atoms. The van der Waals surface area contributed by atoms with Gasteiger partial charge in [-0.15, -0.1) is 0 Å². The minimum atomic E-state index is -3.42. The van der Waals surface area contributed by atoms with Crippen molar-refractivity contribution < 1.29 is 13.2 Å². The Bertz CT molecular complexity index is 875. The van der Waals surface area contributed by atoms with Crippen molar-refractivity contribution in [2.24, 2.45) is 0 Å². The molecular formula is C22H30N2O3S. The fraction of sp³-hybridized carbons (Fsp3) is 0.409. The van der Waals surface area contributed by atoms with Crippen molar-refractivity contribution >= 4 is 21.6 Å². The van der Waals surface area contributed by atoms with Crippen molar-refractivity contribution in [2.45, 2.75) is 46.1 Å². The van der Waals surface area contributed by atoms with Crippen LogP contribution in [0.3, 0.4) is 0 Å². The number of nitrogens with one attached hydrogen (secondary N) is 1. The van der Waals surface area contributed by atoms with Crippen molar-refractivity contribution in [2.75, 3.05) is 17.1 Å². The lowest BCUT2D eigenvalue weighted by Crippen LogP contribution is -2.33. The van der Waals surface area contributed by atoms with Gasteiger partial charge in [0.2, 0.25) is 15.9 Å². The molecule has 0 aliphatic carbocycles. The number of aryl methyl sites for hydroxylation is 2. The second kappa shape index (κ2) is 9.73. The van der Waals surface area contributed by atoms with Crippen LogP contribution < -0.4 is 9.62 Å². The van der Waals surface area contributed by atoms with Crippen LogP contribution in [-0.4, -0.2) is 27.1 Å². The predicted octanol–water partition coefficient (Wildman–Crippen LogP) is 4.12. The molecule has 0 aliphatic rings. The monoisotopic (exact) mass is 402 g/mol. The van der Waals surface area contributed by atoms with E-state index in [4.69, 9.17) is 0 Å². The molecule has 0 heterocycles. The predicted molar refractivity (Wildman–Crippen MR) is 115 cm³/mol. The number of nitrogens with zero attached hydrogens (tertiary/aromatic N) is 1. The lowest BCUT2D eigenvalue weighted by molar-refractivity contribution is -0.121. The molecule has 0 aromatic heterocycles.